The number of fused-ring (bicyclic) bond motifs is 8. The highest BCUT2D eigenvalue weighted by atomic mass is 32.1. The first kappa shape index (κ1) is 24.6. The maximum Gasteiger partial charge on any atom is 0.124 e. The second-order valence-electron chi connectivity index (χ2n) is 9.84. The Morgan fingerprint density at radius 3 is 1.98 bits per heavy atom. The fraction of sp³-hybridized carbons (Fsp3) is 0.0938. The van der Waals surface area contributed by atoms with Crippen molar-refractivity contribution >= 4 is 105 Å². The molecule has 0 unspecified atom stereocenters. The smallest absolute Gasteiger partial charge is 0.124 e. The van der Waals surface area contributed by atoms with Crippen LogP contribution in [0.5, 0.6) is 0 Å². The summed E-state index contributed by atoms with van der Waals surface area (Å²) in [4.78, 5) is 2.50. The SMILES string of the molecule is Cc1c(-c2sc3c(sc4c3sc3c5ccc(F)cc5sc34)c2CCc2ccc(C#N)cc2)sc2cc(F)ccc12. The largest absolute Gasteiger partial charge is 0.207 e. The zero-order valence-corrected chi connectivity index (χ0v) is 25.0. The fourth-order valence-electron chi connectivity index (χ4n) is 5.44. The Hall–Kier alpha value is -3.19. The number of nitrogens with zero attached hydrogens (tertiary/aromatic N) is 1. The molecule has 8 aromatic rings. The van der Waals surface area contributed by atoms with Gasteiger partial charge in [-0.05, 0) is 84.3 Å². The van der Waals surface area contributed by atoms with E-state index in [1.165, 1.54) is 54.6 Å². The van der Waals surface area contributed by atoms with Crippen LogP contribution >= 0.6 is 56.7 Å². The van der Waals surface area contributed by atoms with E-state index in [4.69, 9.17) is 0 Å². The summed E-state index contributed by atoms with van der Waals surface area (Å²) in [7, 11) is 0. The quantitative estimate of drug-likeness (QED) is 0.194. The molecule has 0 saturated heterocycles. The van der Waals surface area contributed by atoms with Crippen molar-refractivity contribution in [3.05, 3.63) is 94.6 Å². The topological polar surface area (TPSA) is 23.8 Å². The number of rotatable bonds is 4. The van der Waals surface area contributed by atoms with E-state index in [-0.39, 0.29) is 11.6 Å². The number of thiophene rings is 5. The van der Waals surface area contributed by atoms with Gasteiger partial charge in [0.2, 0.25) is 0 Å². The molecule has 8 rings (SSSR count). The molecule has 0 N–H and O–H groups in total. The Kier molecular flexibility index (Phi) is 5.63. The molecule has 40 heavy (non-hydrogen) atoms. The van der Waals surface area contributed by atoms with Crippen molar-refractivity contribution in [3.8, 4) is 15.8 Å². The lowest BCUT2D eigenvalue weighted by Crippen LogP contribution is -1.92. The van der Waals surface area contributed by atoms with Crippen LogP contribution in [0.2, 0.25) is 0 Å². The summed E-state index contributed by atoms with van der Waals surface area (Å²) in [6.45, 7) is 2.15. The molecule has 0 aliphatic rings. The molecule has 0 aliphatic carbocycles. The number of nitriles is 1. The van der Waals surface area contributed by atoms with E-state index in [1.54, 1.807) is 46.9 Å². The van der Waals surface area contributed by atoms with Crippen molar-refractivity contribution in [2.24, 2.45) is 0 Å². The Morgan fingerprint density at radius 1 is 0.625 bits per heavy atom. The molecule has 8 heteroatoms. The summed E-state index contributed by atoms with van der Waals surface area (Å²) in [6, 6.07) is 20.2. The van der Waals surface area contributed by atoms with Gasteiger partial charge in [0.05, 0.1) is 39.8 Å². The summed E-state index contributed by atoms with van der Waals surface area (Å²) in [5, 5.41) is 11.4. The summed E-state index contributed by atoms with van der Waals surface area (Å²) < 4.78 is 37.7. The van der Waals surface area contributed by atoms with Crippen molar-refractivity contribution in [1.29, 1.82) is 5.26 Å². The molecule has 5 heterocycles. The third-order valence-electron chi connectivity index (χ3n) is 7.45. The van der Waals surface area contributed by atoms with Crippen LogP contribution in [0.25, 0.3) is 58.1 Å². The normalized spacial score (nSPS) is 12.1. The molecular formula is C32H17F2NS5. The van der Waals surface area contributed by atoms with Gasteiger partial charge in [-0.15, -0.1) is 56.7 Å². The first-order chi connectivity index (χ1) is 19.5. The first-order valence-corrected chi connectivity index (χ1v) is 16.7. The zero-order valence-electron chi connectivity index (χ0n) is 20.9. The highest BCUT2D eigenvalue weighted by Crippen LogP contribution is 2.55. The molecule has 5 aromatic heterocycles. The van der Waals surface area contributed by atoms with Gasteiger partial charge in [-0.2, -0.15) is 5.26 Å². The molecule has 194 valence electrons. The van der Waals surface area contributed by atoms with Gasteiger partial charge in [0, 0.05) is 24.5 Å². The van der Waals surface area contributed by atoms with Crippen molar-refractivity contribution in [3.63, 3.8) is 0 Å². The summed E-state index contributed by atoms with van der Waals surface area (Å²) in [5.41, 5.74) is 4.41. The molecule has 0 atom stereocenters. The van der Waals surface area contributed by atoms with Gasteiger partial charge < -0.3 is 0 Å². The third-order valence-corrected chi connectivity index (χ3v) is 14.4. The molecule has 0 spiro atoms. The number of hydrogen-bond acceptors (Lipinski definition) is 6. The van der Waals surface area contributed by atoms with Gasteiger partial charge in [0.25, 0.3) is 0 Å². The Morgan fingerprint density at radius 2 is 1.25 bits per heavy atom. The van der Waals surface area contributed by atoms with Crippen molar-refractivity contribution in [2.75, 3.05) is 0 Å². The van der Waals surface area contributed by atoms with E-state index in [0.29, 0.717) is 5.56 Å². The van der Waals surface area contributed by atoms with Gasteiger partial charge >= 0.3 is 0 Å². The van der Waals surface area contributed by atoms with Crippen LogP contribution in [-0.2, 0) is 12.8 Å². The van der Waals surface area contributed by atoms with Crippen LogP contribution in [0.15, 0.2) is 60.7 Å². The summed E-state index contributed by atoms with van der Waals surface area (Å²) in [6.07, 6.45) is 1.74. The van der Waals surface area contributed by atoms with Gasteiger partial charge in [-0.1, -0.05) is 18.2 Å². The van der Waals surface area contributed by atoms with Gasteiger partial charge in [-0.25, -0.2) is 8.78 Å². The Labute approximate surface area is 247 Å². The van der Waals surface area contributed by atoms with Gasteiger partial charge in [0.15, 0.2) is 0 Å². The van der Waals surface area contributed by atoms with Crippen LogP contribution < -0.4 is 0 Å². The lowest BCUT2D eigenvalue weighted by atomic mass is 10.0. The molecule has 0 fully saturated rings. The number of hydrogen-bond donors (Lipinski definition) is 0. The van der Waals surface area contributed by atoms with Crippen LogP contribution in [0.1, 0.15) is 22.3 Å². The molecule has 0 aliphatic heterocycles. The highest BCUT2D eigenvalue weighted by Gasteiger charge is 2.25. The maximum absolute atomic E-state index is 14.1. The maximum atomic E-state index is 14.1. The summed E-state index contributed by atoms with van der Waals surface area (Å²) >= 11 is 8.89. The van der Waals surface area contributed by atoms with Crippen molar-refractivity contribution in [1.82, 2.24) is 0 Å². The summed E-state index contributed by atoms with van der Waals surface area (Å²) in [5.74, 6) is -0.404. The molecule has 3 aromatic carbocycles. The molecule has 1 nitrogen and oxygen atoms in total. The van der Waals surface area contributed by atoms with E-state index < -0.39 is 0 Å². The average Bonchev–Trinajstić information content (AvgIpc) is 3.72. The van der Waals surface area contributed by atoms with E-state index in [9.17, 15) is 14.0 Å². The van der Waals surface area contributed by atoms with Gasteiger partial charge in [0.1, 0.15) is 11.6 Å². The lowest BCUT2D eigenvalue weighted by Gasteiger charge is -2.05. The van der Waals surface area contributed by atoms with Crippen LogP contribution in [0.4, 0.5) is 8.78 Å². The van der Waals surface area contributed by atoms with E-state index >= 15 is 0 Å². The number of benzene rings is 3. The van der Waals surface area contributed by atoms with E-state index in [0.717, 1.165) is 33.0 Å². The Balaban J connectivity index is 1.34. The molecular weight excluding hydrogens is 597 g/mol. The van der Waals surface area contributed by atoms with Gasteiger partial charge in [-0.3, -0.25) is 0 Å². The second kappa shape index (κ2) is 9.16. The zero-order chi connectivity index (χ0) is 27.1. The molecule has 0 radical (unpaired) electrons. The number of aryl methyl sites for hydroxylation is 3. The standard InChI is InChI=1S/C32H17F2NS5/c1-15-20-10-7-18(33)12-23(20)36-25(15)27-22(9-6-16-2-4-17(14-35)5-3-16)28-30(39-27)32-31(40-28)29-26(38-32)21-11-8-19(34)13-24(21)37-29/h2-5,7-8,10-13H,6,9H2,1H3. The van der Waals surface area contributed by atoms with Crippen LogP contribution in [-0.4, -0.2) is 0 Å². The third kappa shape index (κ3) is 3.69. The van der Waals surface area contributed by atoms with E-state index in [1.807, 2.05) is 70.4 Å². The predicted octanol–water partition coefficient (Wildman–Crippen LogP) is 11.7. The number of halogens is 2. The second-order valence-corrected chi connectivity index (χ2v) is 15.0. The Bertz CT molecular complexity index is 2320. The molecule has 0 amide bonds. The van der Waals surface area contributed by atoms with E-state index in [2.05, 4.69) is 13.0 Å². The lowest BCUT2D eigenvalue weighted by molar-refractivity contribution is 0.629. The molecule has 0 bridgehead atoms. The first-order valence-electron chi connectivity index (χ1n) is 12.6. The minimum absolute atomic E-state index is 0.196. The highest BCUT2D eigenvalue weighted by molar-refractivity contribution is 7.46. The van der Waals surface area contributed by atoms with Crippen molar-refractivity contribution in [2.45, 2.75) is 19.8 Å². The predicted molar refractivity (Wildman–Crippen MR) is 172 cm³/mol. The minimum atomic E-state index is -0.207. The molecule has 0 saturated carbocycles. The van der Waals surface area contributed by atoms with Crippen LogP contribution in [0.3, 0.4) is 0 Å². The van der Waals surface area contributed by atoms with Crippen molar-refractivity contribution < 1.29 is 8.78 Å². The monoisotopic (exact) mass is 613 g/mol. The average molecular weight is 614 g/mol. The minimum Gasteiger partial charge on any atom is -0.207 e. The van der Waals surface area contributed by atoms with Crippen LogP contribution in [0, 0.1) is 29.9 Å². The fourth-order valence-corrected chi connectivity index (χ4v) is 13.0.